The van der Waals surface area contributed by atoms with E-state index < -0.39 is 0 Å². The van der Waals surface area contributed by atoms with Gasteiger partial charge in [-0.25, -0.2) is 0 Å². The Kier molecular flexibility index (Phi) is 5.61. The van der Waals surface area contributed by atoms with Gasteiger partial charge < -0.3 is 19.7 Å². The second-order valence-corrected chi connectivity index (χ2v) is 6.27. The summed E-state index contributed by atoms with van der Waals surface area (Å²) in [5, 5.41) is 19.4. The molecular weight excluding hydrogens is 282 g/mol. The molecule has 1 saturated heterocycles. The van der Waals surface area contributed by atoms with Crippen molar-refractivity contribution in [1.29, 1.82) is 0 Å². The van der Waals surface area contributed by atoms with E-state index in [1.54, 1.807) is 0 Å². The molecule has 0 bridgehead atoms. The van der Waals surface area contributed by atoms with Gasteiger partial charge in [0, 0.05) is 30.9 Å². The van der Waals surface area contributed by atoms with E-state index in [0.29, 0.717) is 24.8 Å². The maximum atomic E-state index is 11.9. The highest BCUT2D eigenvalue weighted by atomic mass is 16.3. The first-order valence-corrected chi connectivity index (χ1v) is 7.86. The molecule has 0 aliphatic carbocycles. The van der Waals surface area contributed by atoms with Crippen molar-refractivity contribution in [3.05, 3.63) is 27.7 Å². The molecule has 1 aromatic rings. The molecule has 0 spiro atoms. The number of nitrogens with zero attached hydrogens (tertiary/aromatic N) is 3. The summed E-state index contributed by atoms with van der Waals surface area (Å²) in [5.41, 5.74) is 1.02. The molecule has 1 aliphatic rings. The van der Waals surface area contributed by atoms with Gasteiger partial charge in [0.25, 0.3) is 0 Å². The molecule has 2 heterocycles. The minimum absolute atomic E-state index is 0.0198. The minimum Gasteiger partial charge on any atom is -0.503 e. The number of rotatable bonds is 5. The third-order valence-electron chi connectivity index (χ3n) is 4.63. The molecule has 1 aromatic heterocycles. The molecule has 0 aromatic carbocycles. The van der Waals surface area contributed by atoms with E-state index in [9.17, 15) is 15.0 Å². The van der Waals surface area contributed by atoms with Gasteiger partial charge in [-0.2, -0.15) is 0 Å². The summed E-state index contributed by atoms with van der Waals surface area (Å²) < 4.78 is 1.84. The van der Waals surface area contributed by atoms with E-state index >= 15 is 0 Å². The number of aryl methyl sites for hydroxylation is 1. The van der Waals surface area contributed by atoms with Crippen LogP contribution >= 0.6 is 0 Å². The van der Waals surface area contributed by atoms with Crippen molar-refractivity contribution in [3.8, 4) is 5.75 Å². The number of hydrogen-bond donors (Lipinski definition) is 2. The Balaban J connectivity index is 2.22. The van der Waals surface area contributed by atoms with Crippen LogP contribution in [0.3, 0.4) is 0 Å². The average Bonchev–Trinajstić information content (AvgIpc) is 2.49. The van der Waals surface area contributed by atoms with Crippen molar-refractivity contribution in [2.24, 2.45) is 0 Å². The summed E-state index contributed by atoms with van der Waals surface area (Å²) in [6.45, 7) is 4.84. The number of piperidine rings is 1. The van der Waals surface area contributed by atoms with Crippen LogP contribution < -0.4 is 5.43 Å². The highest BCUT2D eigenvalue weighted by Gasteiger charge is 2.23. The van der Waals surface area contributed by atoms with E-state index in [1.165, 1.54) is 6.07 Å². The first-order chi connectivity index (χ1) is 10.4. The Bertz CT molecular complexity index is 562. The number of hydrogen-bond acceptors (Lipinski definition) is 5. The number of aliphatic hydroxyl groups is 1. The molecule has 1 fully saturated rings. The molecule has 0 radical (unpaired) electrons. The van der Waals surface area contributed by atoms with Crippen LogP contribution in [0.15, 0.2) is 10.9 Å². The standard InChI is InChI=1S/C16H27N3O3/c1-12-10-15(21)16(22)14(19(12)8-9-20)11-18(3)13-4-6-17(2)7-5-13/h10,13,20,22H,4-9,11H2,1-3H3. The predicted molar refractivity (Wildman–Crippen MR) is 86.2 cm³/mol. The second kappa shape index (κ2) is 7.26. The van der Waals surface area contributed by atoms with Crippen molar-refractivity contribution < 1.29 is 10.2 Å². The first kappa shape index (κ1) is 17.0. The highest BCUT2D eigenvalue weighted by molar-refractivity contribution is 5.29. The van der Waals surface area contributed by atoms with Gasteiger partial charge in [0.2, 0.25) is 5.43 Å². The number of aromatic hydroxyl groups is 1. The minimum atomic E-state index is -0.349. The van der Waals surface area contributed by atoms with Gasteiger partial charge in [-0.3, -0.25) is 9.69 Å². The zero-order valence-electron chi connectivity index (χ0n) is 13.7. The number of aromatic nitrogens is 1. The van der Waals surface area contributed by atoms with Crippen molar-refractivity contribution >= 4 is 0 Å². The molecular formula is C16H27N3O3. The van der Waals surface area contributed by atoms with Crippen LogP contribution in [-0.4, -0.2) is 64.4 Å². The molecule has 6 heteroatoms. The molecule has 1 aliphatic heterocycles. The van der Waals surface area contributed by atoms with Crippen molar-refractivity contribution in [1.82, 2.24) is 14.4 Å². The lowest BCUT2D eigenvalue weighted by atomic mass is 10.0. The molecule has 0 saturated carbocycles. The van der Waals surface area contributed by atoms with Crippen LogP contribution in [0.2, 0.25) is 0 Å². The van der Waals surface area contributed by atoms with Crippen LogP contribution in [0.1, 0.15) is 24.2 Å². The molecule has 2 N–H and O–H groups in total. The lowest BCUT2D eigenvalue weighted by Crippen LogP contribution is -2.42. The Morgan fingerprint density at radius 3 is 2.59 bits per heavy atom. The van der Waals surface area contributed by atoms with Crippen LogP contribution in [0.25, 0.3) is 0 Å². The fourth-order valence-electron chi connectivity index (χ4n) is 3.19. The van der Waals surface area contributed by atoms with Gasteiger partial charge >= 0.3 is 0 Å². The first-order valence-electron chi connectivity index (χ1n) is 7.86. The molecule has 6 nitrogen and oxygen atoms in total. The summed E-state index contributed by atoms with van der Waals surface area (Å²) >= 11 is 0. The Morgan fingerprint density at radius 2 is 2.00 bits per heavy atom. The van der Waals surface area contributed by atoms with Crippen LogP contribution in [0, 0.1) is 6.92 Å². The Morgan fingerprint density at radius 1 is 1.36 bits per heavy atom. The number of pyridine rings is 1. The third-order valence-corrected chi connectivity index (χ3v) is 4.63. The van der Waals surface area contributed by atoms with Crippen molar-refractivity contribution in [3.63, 3.8) is 0 Å². The third kappa shape index (κ3) is 3.69. The van der Waals surface area contributed by atoms with Gasteiger partial charge in [0.1, 0.15) is 0 Å². The van der Waals surface area contributed by atoms with Crippen molar-refractivity contribution in [2.75, 3.05) is 33.8 Å². The lowest BCUT2D eigenvalue weighted by Gasteiger charge is -2.35. The Labute approximate surface area is 131 Å². The zero-order valence-corrected chi connectivity index (χ0v) is 13.7. The van der Waals surface area contributed by atoms with Crippen molar-refractivity contribution in [2.45, 2.75) is 38.9 Å². The molecule has 0 amide bonds. The number of likely N-dealkylation sites (tertiary alicyclic amines) is 1. The largest absolute Gasteiger partial charge is 0.503 e. The smallest absolute Gasteiger partial charge is 0.223 e. The summed E-state index contributed by atoms with van der Waals surface area (Å²) in [4.78, 5) is 16.4. The monoisotopic (exact) mass is 309 g/mol. The van der Waals surface area contributed by atoms with E-state index in [1.807, 2.05) is 18.5 Å². The molecule has 0 atom stereocenters. The van der Waals surface area contributed by atoms with Gasteiger partial charge in [-0.15, -0.1) is 0 Å². The van der Waals surface area contributed by atoms with E-state index in [2.05, 4.69) is 16.8 Å². The maximum absolute atomic E-state index is 11.9. The molecule has 124 valence electrons. The summed E-state index contributed by atoms with van der Waals surface area (Å²) in [7, 11) is 4.16. The van der Waals surface area contributed by atoms with Gasteiger partial charge in [-0.1, -0.05) is 0 Å². The maximum Gasteiger partial charge on any atom is 0.223 e. The summed E-state index contributed by atoms with van der Waals surface area (Å²) in [6, 6.07) is 1.87. The van der Waals surface area contributed by atoms with E-state index in [-0.39, 0.29) is 17.8 Å². The van der Waals surface area contributed by atoms with Crippen LogP contribution in [-0.2, 0) is 13.1 Å². The second-order valence-electron chi connectivity index (χ2n) is 6.27. The number of aliphatic hydroxyl groups excluding tert-OH is 1. The Hall–Kier alpha value is -1.37. The van der Waals surface area contributed by atoms with Gasteiger partial charge in [0.05, 0.1) is 12.3 Å². The van der Waals surface area contributed by atoms with Gasteiger partial charge in [-0.05, 0) is 47.0 Å². The van der Waals surface area contributed by atoms with Gasteiger partial charge in [0.15, 0.2) is 5.75 Å². The van der Waals surface area contributed by atoms with E-state index in [0.717, 1.165) is 31.6 Å². The fourth-order valence-corrected chi connectivity index (χ4v) is 3.19. The van der Waals surface area contributed by atoms with E-state index in [4.69, 9.17) is 0 Å². The zero-order chi connectivity index (χ0) is 16.3. The molecule has 22 heavy (non-hydrogen) atoms. The SMILES string of the molecule is Cc1cc(=O)c(O)c(CN(C)C2CCN(C)CC2)n1CCO. The van der Waals surface area contributed by atoms with Crippen LogP contribution in [0.5, 0.6) is 5.75 Å². The quantitative estimate of drug-likeness (QED) is 0.823. The topological polar surface area (TPSA) is 68.9 Å². The van der Waals surface area contributed by atoms with Crippen LogP contribution in [0.4, 0.5) is 0 Å². The predicted octanol–water partition coefficient (Wildman–Crippen LogP) is 0.381. The summed E-state index contributed by atoms with van der Waals surface area (Å²) in [5.74, 6) is -0.196. The molecule has 2 rings (SSSR count). The highest BCUT2D eigenvalue weighted by Crippen LogP contribution is 2.21. The lowest BCUT2D eigenvalue weighted by molar-refractivity contribution is 0.135. The summed E-state index contributed by atoms with van der Waals surface area (Å²) in [6.07, 6.45) is 2.17. The molecule has 0 unspecified atom stereocenters. The average molecular weight is 309 g/mol. The fraction of sp³-hybridized carbons (Fsp3) is 0.688. The normalized spacial score (nSPS) is 17.3.